The fourth-order valence-electron chi connectivity index (χ4n) is 6.89. The van der Waals surface area contributed by atoms with E-state index in [1.165, 1.54) is 30.9 Å². The molecule has 2 aliphatic heterocycles. The molecule has 2 aromatic heterocycles. The molecule has 6 rings (SSSR count). The lowest BCUT2D eigenvalue weighted by atomic mass is 9.80. The van der Waals surface area contributed by atoms with E-state index in [1.807, 2.05) is 10.6 Å². The van der Waals surface area contributed by atoms with E-state index in [9.17, 15) is 14.3 Å². The second-order valence-corrected chi connectivity index (χ2v) is 11.5. The van der Waals surface area contributed by atoms with Crippen molar-refractivity contribution in [3.63, 3.8) is 0 Å². The Morgan fingerprint density at radius 2 is 1.84 bits per heavy atom. The number of piperidine rings is 1. The van der Waals surface area contributed by atoms with Crippen molar-refractivity contribution in [2.24, 2.45) is 11.8 Å². The summed E-state index contributed by atoms with van der Waals surface area (Å²) in [6.45, 7) is 4.64. The fraction of sp³-hybridized carbons (Fsp3) is 0.533. The number of nitrogens with zero attached hydrogens (tertiary/aromatic N) is 4. The maximum absolute atomic E-state index is 13.9. The van der Waals surface area contributed by atoms with Crippen LogP contribution in [0.25, 0.3) is 5.65 Å². The Labute approximate surface area is 218 Å². The lowest BCUT2D eigenvalue weighted by Gasteiger charge is -2.35. The van der Waals surface area contributed by atoms with E-state index < -0.39 is 5.97 Å². The lowest BCUT2D eigenvalue weighted by molar-refractivity contribution is -0.144. The van der Waals surface area contributed by atoms with Crippen LogP contribution in [0.1, 0.15) is 61.6 Å². The van der Waals surface area contributed by atoms with Crippen LogP contribution in [-0.4, -0.2) is 69.0 Å². The highest BCUT2D eigenvalue weighted by molar-refractivity contribution is 5.73. The van der Waals surface area contributed by atoms with E-state index in [0.29, 0.717) is 23.7 Å². The molecule has 3 atom stereocenters. The normalized spacial score (nSPS) is 24.9. The molecule has 1 saturated carbocycles. The van der Waals surface area contributed by atoms with Gasteiger partial charge in [0.05, 0.1) is 0 Å². The maximum atomic E-state index is 13.9. The van der Waals surface area contributed by atoms with Gasteiger partial charge in [0.2, 0.25) is 0 Å². The van der Waals surface area contributed by atoms with Crippen LogP contribution in [0.5, 0.6) is 0 Å². The molecule has 7 heteroatoms. The summed E-state index contributed by atoms with van der Waals surface area (Å²) < 4.78 is 15.8. The van der Waals surface area contributed by atoms with Gasteiger partial charge in [0.1, 0.15) is 17.5 Å². The molecule has 3 fully saturated rings. The number of carbonyl (C=O) groups is 1. The number of carboxylic acid groups (broad SMARTS) is 1. The number of aliphatic carboxylic acids is 1. The maximum Gasteiger partial charge on any atom is 0.320 e. The molecule has 196 valence electrons. The summed E-state index contributed by atoms with van der Waals surface area (Å²) in [5, 5.41) is 10.1. The Bertz CT molecular complexity index is 1220. The number of pyridine rings is 1. The second kappa shape index (κ2) is 10.5. The minimum atomic E-state index is -0.662. The molecule has 0 amide bonds. The van der Waals surface area contributed by atoms with E-state index in [4.69, 9.17) is 0 Å². The van der Waals surface area contributed by atoms with E-state index >= 15 is 0 Å². The predicted octanol–water partition coefficient (Wildman–Crippen LogP) is 5.01. The van der Waals surface area contributed by atoms with Crippen LogP contribution in [0.4, 0.5) is 4.39 Å². The SMILES string of the molecule is O=C(O)[C@H](CC1CCC1)N1C[C@H](CN2CCC(c3cnc4ccc(F)cn34)CC2)[C@@H](c2ccccc2)C1. The van der Waals surface area contributed by atoms with E-state index in [-0.39, 0.29) is 11.9 Å². The summed E-state index contributed by atoms with van der Waals surface area (Å²) in [7, 11) is 0. The van der Waals surface area contributed by atoms with Crippen molar-refractivity contribution < 1.29 is 14.3 Å². The van der Waals surface area contributed by atoms with Gasteiger partial charge in [0.25, 0.3) is 0 Å². The van der Waals surface area contributed by atoms with Crippen LogP contribution in [-0.2, 0) is 4.79 Å². The van der Waals surface area contributed by atoms with Crippen LogP contribution in [0.3, 0.4) is 0 Å². The summed E-state index contributed by atoms with van der Waals surface area (Å²) in [5.74, 6) is 0.805. The summed E-state index contributed by atoms with van der Waals surface area (Å²) in [6, 6.07) is 13.5. The van der Waals surface area contributed by atoms with Crippen molar-refractivity contribution in [1.82, 2.24) is 19.2 Å². The van der Waals surface area contributed by atoms with Crippen molar-refractivity contribution in [2.75, 3.05) is 32.7 Å². The molecule has 3 aromatic rings. The smallest absolute Gasteiger partial charge is 0.320 e. The molecular formula is C30H37FN4O2. The molecule has 1 aromatic carbocycles. The van der Waals surface area contributed by atoms with Gasteiger partial charge >= 0.3 is 5.97 Å². The van der Waals surface area contributed by atoms with Gasteiger partial charge in [0, 0.05) is 49.6 Å². The number of fused-ring (bicyclic) bond motifs is 1. The van der Waals surface area contributed by atoms with Gasteiger partial charge in [-0.1, -0.05) is 49.6 Å². The van der Waals surface area contributed by atoms with Crippen LogP contribution in [0.15, 0.2) is 54.9 Å². The minimum absolute atomic E-state index is 0.237. The number of hydrogen-bond acceptors (Lipinski definition) is 4. The second-order valence-electron chi connectivity index (χ2n) is 11.5. The molecule has 37 heavy (non-hydrogen) atoms. The van der Waals surface area contributed by atoms with Crippen molar-refractivity contribution in [2.45, 2.75) is 56.4 Å². The third-order valence-corrected chi connectivity index (χ3v) is 9.20. The van der Waals surface area contributed by atoms with Crippen molar-refractivity contribution in [3.05, 3.63) is 71.9 Å². The first-order valence-electron chi connectivity index (χ1n) is 13.9. The van der Waals surface area contributed by atoms with Crippen molar-refractivity contribution >= 4 is 11.6 Å². The molecule has 1 aliphatic carbocycles. The van der Waals surface area contributed by atoms with E-state index in [2.05, 4.69) is 45.1 Å². The third-order valence-electron chi connectivity index (χ3n) is 9.20. The monoisotopic (exact) mass is 504 g/mol. The van der Waals surface area contributed by atoms with Gasteiger partial charge < -0.3 is 14.4 Å². The largest absolute Gasteiger partial charge is 0.480 e. The molecule has 2 saturated heterocycles. The molecule has 3 aliphatic rings. The van der Waals surface area contributed by atoms with Gasteiger partial charge in [0.15, 0.2) is 0 Å². The van der Waals surface area contributed by atoms with Crippen molar-refractivity contribution in [1.29, 1.82) is 0 Å². The van der Waals surface area contributed by atoms with Gasteiger partial charge in [-0.3, -0.25) is 9.69 Å². The quantitative estimate of drug-likeness (QED) is 0.467. The number of halogens is 1. The van der Waals surface area contributed by atoms with Crippen LogP contribution >= 0.6 is 0 Å². The van der Waals surface area contributed by atoms with E-state index in [0.717, 1.165) is 63.3 Å². The van der Waals surface area contributed by atoms with Crippen molar-refractivity contribution in [3.8, 4) is 0 Å². The zero-order chi connectivity index (χ0) is 25.4. The Morgan fingerprint density at radius 1 is 1.05 bits per heavy atom. The average molecular weight is 505 g/mol. The molecular weight excluding hydrogens is 467 g/mol. The molecule has 0 spiro atoms. The topological polar surface area (TPSA) is 61.1 Å². The Kier molecular flexibility index (Phi) is 7.00. The molecule has 1 N–H and O–H groups in total. The molecule has 0 unspecified atom stereocenters. The van der Waals surface area contributed by atoms with Gasteiger partial charge in [-0.15, -0.1) is 0 Å². The Morgan fingerprint density at radius 3 is 2.54 bits per heavy atom. The standard InChI is InChI=1S/C30H37FN4O2/c31-25-9-10-29-32-16-28(35(29)19-25)23-11-13-33(14-12-23)17-24-18-34(20-26(24)22-7-2-1-3-8-22)27(30(36)37)15-21-5-4-6-21/h1-3,7-10,16,19,21,23-24,26-27H,4-6,11-15,17-18,20H2,(H,36,37)/t24-,26+,27-/m0/s1. The number of rotatable bonds is 8. The highest BCUT2D eigenvalue weighted by Gasteiger charge is 2.41. The third kappa shape index (κ3) is 5.16. The summed E-state index contributed by atoms with van der Waals surface area (Å²) in [6.07, 6.45) is 9.88. The summed E-state index contributed by atoms with van der Waals surface area (Å²) in [4.78, 5) is 21.6. The Balaban J connectivity index is 1.14. The van der Waals surface area contributed by atoms with Crippen LogP contribution in [0.2, 0.25) is 0 Å². The number of benzene rings is 1. The molecule has 6 nitrogen and oxygen atoms in total. The fourth-order valence-corrected chi connectivity index (χ4v) is 6.89. The number of carboxylic acids is 1. The number of aromatic nitrogens is 2. The average Bonchev–Trinajstić information content (AvgIpc) is 3.48. The Hall–Kier alpha value is -2.77. The van der Waals surface area contributed by atoms with Crippen LogP contribution < -0.4 is 0 Å². The summed E-state index contributed by atoms with van der Waals surface area (Å²) >= 11 is 0. The predicted molar refractivity (Wildman–Crippen MR) is 141 cm³/mol. The molecule has 0 bridgehead atoms. The first-order valence-corrected chi connectivity index (χ1v) is 13.9. The zero-order valence-electron chi connectivity index (χ0n) is 21.4. The van der Waals surface area contributed by atoms with Gasteiger partial charge in [-0.05, 0) is 61.9 Å². The first kappa shape index (κ1) is 24.6. The van der Waals surface area contributed by atoms with Gasteiger partial charge in [-0.2, -0.15) is 0 Å². The molecule has 0 radical (unpaired) electrons. The lowest BCUT2D eigenvalue weighted by Crippen LogP contribution is -2.43. The highest BCUT2D eigenvalue weighted by atomic mass is 19.1. The number of hydrogen-bond donors (Lipinski definition) is 1. The van der Waals surface area contributed by atoms with Gasteiger partial charge in [-0.25, -0.2) is 9.37 Å². The zero-order valence-corrected chi connectivity index (χ0v) is 21.4. The minimum Gasteiger partial charge on any atom is -0.480 e. The molecule has 4 heterocycles. The number of imidazole rings is 1. The highest BCUT2D eigenvalue weighted by Crippen LogP contribution is 2.39. The van der Waals surface area contributed by atoms with Crippen LogP contribution in [0, 0.1) is 17.7 Å². The number of likely N-dealkylation sites (tertiary alicyclic amines) is 2. The summed E-state index contributed by atoms with van der Waals surface area (Å²) in [5.41, 5.74) is 3.22. The van der Waals surface area contributed by atoms with E-state index in [1.54, 1.807) is 12.3 Å². The first-order chi connectivity index (χ1) is 18.0.